The molecule has 0 radical (unpaired) electrons. The Morgan fingerprint density at radius 1 is 1.03 bits per heavy atom. The van der Waals surface area contributed by atoms with Gasteiger partial charge in [-0.2, -0.15) is 5.10 Å². The number of hydrogen-bond donors (Lipinski definition) is 2. The highest BCUT2D eigenvalue weighted by atomic mass is 32.1. The van der Waals surface area contributed by atoms with Gasteiger partial charge in [-0.15, -0.1) is 11.3 Å². The molecule has 0 saturated heterocycles. The minimum atomic E-state index is -0.160. The fourth-order valence-corrected chi connectivity index (χ4v) is 4.52. The molecule has 5 nitrogen and oxygen atoms in total. The molecule has 0 saturated carbocycles. The van der Waals surface area contributed by atoms with Gasteiger partial charge in [0.1, 0.15) is 0 Å². The number of aromatic amines is 1. The third-order valence-electron chi connectivity index (χ3n) is 5.34. The number of carbonyl (C=O) groups excluding carboxylic acids is 1. The van der Waals surface area contributed by atoms with Gasteiger partial charge in [-0.1, -0.05) is 54.6 Å². The highest BCUT2D eigenvalue weighted by molar-refractivity contribution is 7.13. The van der Waals surface area contributed by atoms with E-state index in [1.165, 1.54) is 22.0 Å². The molecule has 5 rings (SSSR count). The number of aromatic nitrogens is 3. The molecule has 1 amide bonds. The Labute approximate surface area is 184 Å². The van der Waals surface area contributed by atoms with Crippen LogP contribution in [0, 0.1) is 0 Å². The molecule has 0 aliphatic heterocycles. The van der Waals surface area contributed by atoms with Crippen molar-refractivity contribution in [3.05, 3.63) is 101 Å². The smallest absolute Gasteiger partial charge is 0.271 e. The summed E-state index contributed by atoms with van der Waals surface area (Å²) in [6, 6.07) is 24.7. The number of benzene rings is 2. The van der Waals surface area contributed by atoms with Crippen LogP contribution in [0.4, 0.5) is 0 Å². The van der Waals surface area contributed by atoms with Crippen molar-refractivity contribution in [1.82, 2.24) is 20.1 Å². The monoisotopic (exact) mass is 426 g/mol. The summed E-state index contributed by atoms with van der Waals surface area (Å²) in [6.45, 7) is 1.38. The maximum Gasteiger partial charge on any atom is 0.271 e. The summed E-state index contributed by atoms with van der Waals surface area (Å²) in [5.74, 6) is -0.160. The normalized spacial score (nSPS) is 11.1. The maximum atomic E-state index is 12.5. The molecule has 0 bridgehead atoms. The van der Waals surface area contributed by atoms with E-state index in [2.05, 4.69) is 74.8 Å². The lowest BCUT2D eigenvalue weighted by molar-refractivity contribution is 0.0949. The van der Waals surface area contributed by atoms with Crippen molar-refractivity contribution >= 4 is 28.1 Å². The van der Waals surface area contributed by atoms with Crippen LogP contribution in [0.1, 0.15) is 21.6 Å². The van der Waals surface area contributed by atoms with Crippen LogP contribution in [0.2, 0.25) is 0 Å². The number of amides is 1. The fourth-order valence-electron chi connectivity index (χ4n) is 3.83. The molecular weight excluding hydrogens is 404 g/mol. The summed E-state index contributed by atoms with van der Waals surface area (Å²) in [5, 5.41) is 13.3. The van der Waals surface area contributed by atoms with E-state index in [1.54, 1.807) is 17.4 Å². The van der Waals surface area contributed by atoms with E-state index in [0.29, 0.717) is 12.2 Å². The first-order valence-corrected chi connectivity index (χ1v) is 11.1. The molecule has 0 unspecified atom stereocenters. The number of H-pyrrole nitrogens is 1. The fraction of sp³-hybridized carbons (Fsp3) is 0.120. The first-order chi connectivity index (χ1) is 15.3. The van der Waals surface area contributed by atoms with Crippen molar-refractivity contribution in [3.8, 4) is 10.6 Å². The molecular formula is C25H22N4OS. The third kappa shape index (κ3) is 4.15. The van der Waals surface area contributed by atoms with Crippen LogP contribution in [0.3, 0.4) is 0 Å². The molecule has 31 heavy (non-hydrogen) atoms. The Hall–Kier alpha value is -3.64. The second-order valence-electron chi connectivity index (χ2n) is 7.44. The molecule has 3 aromatic heterocycles. The van der Waals surface area contributed by atoms with E-state index < -0.39 is 0 Å². The Morgan fingerprint density at radius 2 is 1.87 bits per heavy atom. The van der Waals surface area contributed by atoms with Crippen molar-refractivity contribution in [2.24, 2.45) is 0 Å². The van der Waals surface area contributed by atoms with Crippen LogP contribution in [-0.4, -0.2) is 27.2 Å². The number of nitrogens with zero attached hydrogens (tertiary/aromatic N) is 2. The topological polar surface area (TPSA) is 62.7 Å². The molecule has 2 N–H and O–H groups in total. The van der Waals surface area contributed by atoms with Gasteiger partial charge in [0.2, 0.25) is 0 Å². The summed E-state index contributed by atoms with van der Waals surface area (Å²) in [6.07, 6.45) is 2.96. The van der Waals surface area contributed by atoms with Gasteiger partial charge in [-0.3, -0.25) is 9.89 Å². The first-order valence-electron chi connectivity index (χ1n) is 10.3. The van der Waals surface area contributed by atoms with Crippen LogP contribution in [-0.2, 0) is 13.0 Å². The van der Waals surface area contributed by atoms with Gasteiger partial charge < -0.3 is 9.88 Å². The van der Waals surface area contributed by atoms with Gasteiger partial charge in [0.05, 0.1) is 10.6 Å². The number of fused-ring (bicyclic) bond motifs is 1. The van der Waals surface area contributed by atoms with Gasteiger partial charge >= 0.3 is 0 Å². The molecule has 0 atom stereocenters. The molecule has 154 valence electrons. The number of hydrogen-bond acceptors (Lipinski definition) is 3. The van der Waals surface area contributed by atoms with Gasteiger partial charge in [0, 0.05) is 30.2 Å². The van der Waals surface area contributed by atoms with Gasteiger partial charge in [-0.25, -0.2) is 0 Å². The summed E-state index contributed by atoms with van der Waals surface area (Å²) in [5.41, 5.74) is 4.98. The highest BCUT2D eigenvalue weighted by Crippen LogP contribution is 2.24. The predicted molar refractivity (Wildman–Crippen MR) is 125 cm³/mol. The van der Waals surface area contributed by atoms with E-state index in [4.69, 9.17) is 0 Å². The lowest BCUT2D eigenvalue weighted by Gasteiger charge is -2.05. The van der Waals surface area contributed by atoms with Crippen LogP contribution < -0.4 is 5.32 Å². The molecule has 2 aromatic carbocycles. The summed E-state index contributed by atoms with van der Waals surface area (Å²) in [7, 11) is 0. The van der Waals surface area contributed by atoms with Crippen molar-refractivity contribution in [2.45, 2.75) is 13.0 Å². The standard InChI is InChI=1S/C25H22N4OS/c30-25(22-15-21(27-28-22)24-11-6-14-31-24)26-13-12-19-17-29(16-18-7-2-1-3-8-18)23-10-5-4-9-20(19)23/h1-11,14-15,17H,12-13,16H2,(H,26,30)(H,27,28). The van der Waals surface area contributed by atoms with Crippen molar-refractivity contribution in [2.75, 3.05) is 6.54 Å². The number of carbonyl (C=O) groups is 1. The van der Waals surface area contributed by atoms with Crippen molar-refractivity contribution < 1.29 is 4.79 Å². The van der Waals surface area contributed by atoms with Crippen molar-refractivity contribution in [3.63, 3.8) is 0 Å². The quantitative estimate of drug-likeness (QED) is 0.380. The van der Waals surface area contributed by atoms with Crippen LogP contribution >= 0.6 is 11.3 Å². The molecule has 0 spiro atoms. The summed E-state index contributed by atoms with van der Waals surface area (Å²) >= 11 is 1.61. The Bertz CT molecular complexity index is 1300. The van der Waals surface area contributed by atoms with Gasteiger partial charge in [-0.05, 0) is 41.1 Å². The van der Waals surface area contributed by atoms with E-state index in [0.717, 1.165) is 23.5 Å². The zero-order valence-corrected chi connectivity index (χ0v) is 17.7. The third-order valence-corrected chi connectivity index (χ3v) is 6.25. The molecule has 6 heteroatoms. The average Bonchev–Trinajstić information content (AvgIpc) is 3.55. The molecule has 3 heterocycles. The second-order valence-corrected chi connectivity index (χ2v) is 8.38. The van der Waals surface area contributed by atoms with E-state index in [9.17, 15) is 4.79 Å². The van der Waals surface area contributed by atoms with E-state index >= 15 is 0 Å². The average molecular weight is 427 g/mol. The summed E-state index contributed by atoms with van der Waals surface area (Å²) in [4.78, 5) is 13.6. The zero-order chi connectivity index (χ0) is 21.0. The number of para-hydroxylation sites is 1. The lowest BCUT2D eigenvalue weighted by Crippen LogP contribution is -2.26. The van der Waals surface area contributed by atoms with Crippen LogP contribution in [0.25, 0.3) is 21.5 Å². The summed E-state index contributed by atoms with van der Waals surface area (Å²) < 4.78 is 2.28. The number of nitrogens with one attached hydrogen (secondary N) is 2. The Balaban J connectivity index is 1.27. The van der Waals surface area contributed by atoms with Crippen LogP contribution in [0.5, 0.6) is 0 Å². The molecule has 5 aromatic rings. The first kappa shape index (κ1) is 19.3. The molecule has 0 aliphatic rings. The molecule has 0 fully saturated rings. The number of rotatable bonds is 7. The van der Waals surface area contributed by atoms with Crippen LogP contribution in [0.15, 0.2) is 84.4 Å². The molecule has 0 aliphatic carbocycles. The predicted octanol–water partition coefficient (Wildman–Crippen LogP) is 5.11. The minimum Gasteiger partial charge on any atom is -0.350 e. The Kier molecular flexibility index (Phi) is 5.37. The zero-order valence-electron chi connectivity index (χ0n) is 16.9. The maximum absolute atomic E-state index is 12.5. The van der Waals surface area contributed by atoms with Gasteiger partial charge in [0.15, 0.2) is 5.69 Å². The van der Waals surface area contributed by atoms with E-state index in [-0.39, 0.29) is 5.91 Å². The van der Waals surface area contributed by atoms with E-state index in [1.807, 2.05) is 23.6 Å². The lowest BCUT2D eigenvalue weighted by atomic mass is 10.1. The minimum absolute atomic E-state index is 0.160. The second kappa shape index (κ2) is 8.62. The van der Waals surface area contributed by atoms with Crippen molar-refractivity contribution in [1.29, 1.82) is 0 Å². The van der Waals surface area contributed by atoms with Gasteiger partial charge in [0.25, 0.3) is 5.91 Å². The largest absolute Gasteiger partial charge is 0.350 e. The SMILES string of the molecule is O=C(NCCc1cn(Cc2ccccc2)c2ccccc12)c1cc(-c2cccs2)[nH]n1. The number of thiophene rings is 1. The Morgan fingerprint density at radius 3 is 2.71 bits per heavy atom. The highest BCUT2D eigenvalue weighted by Gasteiger charge is 2.13.